The van der Waals surface area contributed by atoms with Crippen LogP contribution in [0.5, 0.6) is 5.75 Å². The second-order valence-electron chi connectivity index (χ2n) is 4.96. The highest BCUT2D eigenvalue weighted by molar-refractivity contribution is 7.13. The summed E-state index contributed by atoms with van der Waals surface area (Å²) in [6.45, 7) is 0.351. The Kier molecular flexibility index (Phi) is 4.73. The molecule has 1 aromatic carbocycles. The van der Waals surface area contributed by atoms with Gasteiger partial charge in [0.2, 0.25) is 5.91 Å². The number of aromatic nitrogens is 1. The van der Waals surface area contributed by atoms with Crippen molar-refractivity contribution in [2.24, 2.45) is 0 Å². The molecule has 0 aliphatic rings. The molecule has 0 bridgehead atoms. The van der Waals surface area contributed by atoms with Gasteiger partial charge in [-0.2, -0.15) is 0 Å². The van der Waals surface area contributed by atoms with Crippen molar-refractivity contribution in [2.75, 3.05) is 7.11 Å². The van der Waals surface area contributed by atoms with Crippen molar-refractivity contribution >= 4 is 17.2 Å². The van der Waals surface area contributed by atoms with E-state index < -0.39 is 0 Å². The van der Waals surface area contributed by atoms with Crippen LogP contribution in [0.15, 0.2) is 52.4 Å². The summed E-state index contributed by atoms with van der Waals surface area (Å²) < 4.78 is 10.4. The van der Waals surface area contributed by atoms with Crippen LogP contribution in [0.3, 0.4) is 0 Å². The Morgan fingerprint density at radius 3 is 2.83 bits per heavy atom. The fourth-order valence-electron chi connectivity index (χ4n) is 2.11. The number of hydrogen-bond acceptors (Lipinski definition) is 5. The Morgan fingerprint density at radius 2 is 2.13 bits per heavy atom. The summed E-state index contributed by atoms with van der Waals surface area (Å²) in [6, 6.07) is 13.2. The van der Waals surface area contributed by atoms with Crippen LogP contribution in [-0.4, -0.2) is 18.2 Å². The van der Waals surface area contributed by atoms with E-state index in [0.29, 0.717) is 18.7 Å². The van der Waals surface area contributed by atoms with Gasteiger partial charge in [0, 0.05) is 6.07 Å². The molecule has 0 saturated heterocycles. The molecule has 6 heteroatoms. The largest absolute Gasteiger partial charge is 0.497 e. The minimum Gasteiger partial charge on any atom is -0.497 e. The average molecular weight is 328 g/mol. The van der Waals surface area contributed by atoms with E-state index in [1.165, 1.54) is 0 Å². The van der Waals surface area contributed by atoms with Crippen LogP contribution in [0.2, 0.25) is 0 Å². The van der Waals surface area contributed by atoms with Crippen LogP contribution in [0, 0.1) is 0 Å². The third kappa shape index (κ3) is 3.98. The molecule has 23 heavy (non-hydrogen) atoms. The highest BCUT2D eigenvalue weighted by atomic mass is 32.1. The first-order chi connectivity index (χ1) is 11.2. The number of thiophene rings is 1. The first-order valence-corrected chi connectivity index (χ1v) is 8.01. The fraction of sp³-hybridized carbons (Fsp3) is 0.176. The number of carbonyl (C=O) groups is 1. The molecule has 118 valence electrons. The van der Waals surface area contributed by atoms with Gasteiger partial charge in [-0.25, -0.2) is 0 Å². The number of rotatable bonds is 6. The zero-order valence-corrected chi connectivity index (χ0v) is 13.4. The Balaban J connectivity index is 1.52. The fourth-order valence-corrected chi connectivity index (χ4v) is 2.78. The van der Waals surface area contributed by atoms with Crippen molar-refractivity contribution in [2.45, 2.75) is 13.0 Å². The summed E-state index contributed by atoms with van der Waals surface area (Å²) >= 11 is 1.59. The van der Waals surface area contributed by atoms with Crippen LogP contribution in [0.25, 0.3) is 10.6 Å². The monoisotopic (exact) mass is 328 g/mol. The van der Waals surface area contributed by atoms with Gasteiger partial charge in [-0.15, -0.1) is 11.3 Å². The summed E-state index contributed by atoms with van der Waals surface area (Å²) in [5, 5.41) is 8.80. The number of benzene rings is 1. The van der Waals surface area contributed by atoms with Crippen LogP contribution in [0.4, 0.5) is 0 Å². The number of ether oxygens (including phenoxy) is 1. The maximum Gasteiger partial charge on any atom is 0.224 e. The molecule has 3 aromatic rings. The summed E-state index contributed by atoms with van der Waals surface area (Å²) in [5.41, 5.74) is 1.64. The number of methoxy groups -OCH3 is 1. The third-order valence-corrected chi connectivity index (χ3v) is 4.20. The van der Waals surface area contributed by atoms with Crippen molar-refractivity contribution in [3.8, 4) is 16.4 Å². The average Bonchev–Trinajstić information content (AvgIpc) is 3.25. The zero-order valence-electron chi connectivity index (χ0n) is 12.6. The van der Waals surface area contributed by atoms with Gasteiger partial charge in [-0.05, 0) is 29.1 Å². The molecular formula is C17H16N2O3S. The third-order valence-electron chi connectivity index (χ3n) is 3.31. The second-order valence-corrected chi connectivity index (χ2v) is 5.91. The van der Waals surface area contributed by atoms with Crippen LogP contribution in [-0.2, 0) is 17.8 Å². The molecule has 1 N–H and O–H groups in total. The summed E-state index contributed by atoms with van der Waals surface area (Å²) in [5.74, 6) is 1.44. The molecule has 0 spiro atoms. The first kappa shape index (κ1) is 15.3. The topological polar surface area (TPSA) is 64.4 Å². The van der Waals surface area contributed by atoms with Crippen LogP contribution in [0.1, 0.15) is 11.3 Å². The predicted octanol–water partition coefficient (Wildman–Crippen LogP) is 3.27. The van der Waals surface area contributed by atoms with E-state index in [9.17, 15) is 4.79 Å². The quantitative estimate of drug-likeness (QED) is 0.754. The molecule has 0 fully saturated rings. The van der Waals surface area contributed by atoms with Gasteiger partial charge in [-0.1, -0.05) is 23.4 Å². The van der Waals surface area contributed by atoms with E-state index in [1.807, 2.05) is 47.8 Å². The van der Waals surface area contributed by atoms with Gasteiger partial charge in [-0.3, -0.25) is 4.79 Å². The Hall–Kier alpha value is -2.60. The minimum absolute atomic E-state index is 0.0594. The van der Waals surface area contributed by atoms with Crippen molar-refractivity contribution in [3.63, 3.8) is 0 Å². The van der Waals surface area contributed by atoms with Gasteiger partial charge in [0.15, 0.2) is 5.76 Å². The molecule has 5 nitrogen and oxygen atoms in total. The van der Waals surface area contributed by atoms with E-state index in [0.717, 1.165) is 22.0 Å². The molecule has 0 saturated carbocycles. The Bertz CT molecular complexity index is 764. The number of nitrogens with zero attached hydrogens (tertiary/aromatic N) is 1. The summed E-state index contributed by atoms with van der Waals surface area (Å²) in [4.78, 5) is 13.0. The molecule has 0 aliphatic carbocycles. The SMILES string of the molecule is COc1ccc(CC(=O)NCc2cc(-c3cccs3)on2)cc1. The van der Waals surface area contributed by atoms with Crippen LogP contribution < -0.4 is 10.1 Å². The van der Waals surface area contributed by atoms with Gasteiger partial charge in [0.25, 0.3) is 0 Å². The summed E-state index contributed by atoms with van der Waals surface area (Å²) in [7, 11) is 1.62. The molecule has 3 rings (SSSR count). The summed E-state index contributed by atoms with van der Waals surface area (Å²) in [6.07, 6.45) is 0.319. The molecule has 0 unspecified atom stereocenters. The maximum atomic E-state index is 12.0. The lowest BCUT2D eigenvalue weighted by Gasteiger charge is -2.04. The van der Waals surface area contributed by atoms with Gasteiger partial charge < -0.3 is 14.6 Å². The van der Waals surface area contributed by atoms with Crippen molar-refractivity contribution in [3.05, 3.63) is 59.1 Å². The molecule has 0 aliphatic heterocycles. The number of carbonyl (C=O) groups excluding carboxylic acids is 1. The van der Waals surface area contributed by atoms with Gasteiger partial charge >= 0.3 is 0 Å². The molecule has 2 aromatic heterocycles. The first-order valence-electron chi connectivity index (χ1n) is 7.13. The van der Waals surface area contributed by atoms with Crippen LogP contribution >= 0.6 is 11.3 Å². The van der Waals surface area contributed by atoms with E-state index in [1.54, 1.807) is 18.4 Å². The lowest BCUT2D eigenvalue weighted by molar-refractivity contribution is -0.120. The Labute approximate surface area is 137 Å². The highest BCUT2D eigenvalue weighted by Gasteiger charge is 2.09. The van der Waals surface area contributed by atoms with Crippen molar-refractivity contribution < 1.29 is 14.1 Å². The maximum absolute atomic E-state index is 12.0. The smallest absolute Gasteiger partial charge is 0.224 e. The molecule has 1 amide bonds. The lowest BCUT2D eigenvalue weighted by Crippen LogP contribution is -2.24. The molecule has 2 heterocycles. The number of amides is 1. The molecule has 0 atom stereocenters. The standard InChI is InChI=1S/C17H16N2O3S/c1-21-14-6-4-12(5-7-14)9-17(20)18-11-13-10-15(22-19-13)16-3-2-8-23-16/h2-8,10H,9,11H2,1H3,(H,18,20). The molecule has 0 radical (unpaired) electrons. The second kappa shape index (κ2) is 7.11. The van der Waals surface area contributed by atoms with Gasteiger partial charge in [0.05, 0.1) is 25.0 Å². The lowest BCUT2D eigenvalue weighted by atomic mass is 10.1. The highest BCUT2D eigenvalue weighted by Crippen LogP contribution is 2.25. The van der Waals surface area contributed by atoms with Crippen molar-refractivity contribution in [1.29, 1.82) is 0 Å². The van der Waals surface area contributed by atoms with E-state index in [4.69, 9.17) is 9.26 Å². The van der Waals surface area contributed by atoms with Crippen molar-refractivity contribution in [1.82, 2.24) is 10.5 Å². The van der Waals surface area contributed by atoms with Gasteiger partial charge in [0.1, 0.15) is 11.4 Å². The normalized spacial score (nSPS) is 10.5. The predicted molar refractivity (Wildman–Crippen MR) is 88.4 cm³/mol. The Morgan fingerprint density at radius 1 is 1.30 bits per heavy atom. The van der Waals surface area contributed by atoms with E-state index in [2.05, 4.69) is 10.5 Å². The number of hydrogen-bond donors (Lipinski definition) is 1. The minimum atomic E-state index is -0.0594. The zero-order chi connectivity index (χ0) is 16.1. The molecular weight excluding hydrogens is 312 g/mol. The van der Waals surface area contributed by atoms with E-state index >= 15 is 0 Å². The van der Waals surface area contributed by atoms with E-state index in [-0.39, 0.29) is 5.91 Å². The number of nitrogens with one attached hydrogen (secondary N) is 1.